The molecule has 100 valence electrons. The standard InChI is InChI=1S/C9H18N2O5S/c1-16-8-2-3-11(7(4-8)5-10)17(14,15)6-9(12)13/h7-8H,2-6,10H2,1H3,(H,12,13). The first kappa shape index (κ1) is 14.4. The second-order valence-electron chi connectivity index (χ2n) is 4.03. The lowest BCUT2D eigenvalue weighted by atomic mass is 10.0. The number of nitrogens with zero attached hydrogens (tertiary/aromatic N) is 1. The molecule has 0 aromatic rings. The van der Waals surface area contributed by atoms with E-state index < -0.39 is 21.7 Å². The number of sulfonamides is 1. The van der Waals surface area contributed by atoms with Gasteiger partial charge >= 0.3 is 5.97 Å². The van der Waals surface area contributed by atoms with E-state index in [9.17, 15) is 13.2 Å². The van der Waals surface area contributed by atoms with Crippen LogP contribution in [0.4, 0.5) is 0 Å². The molecule has 0 radical (unpaired) electrons. The first-order chi connectivity index (χ1) is 7.90. The second-order valence-corrected chi connectivity index (χ2v) is 5.95. The minimum absolute atomic E-state index is 0.0140. The predicted molar refractivity (Wildman–Crippen MR) is 61.0 cm³/mol. The van der Waals surface area contributed by atoms with Gasteiger partial charge in [0.05, 0.1) is 6.10 Å². The molecule has 0 saturated carbocycles. The normalized spacial score (nSPS) is 26.9. The third-order valence-corrected chi connectivity index (χ3v) is 4.69. The number of piperidine rings is 1. The number of aliphatic carboxylic acids is 1. The van der Waals surface area contributed by atoms with Crippen molar-refractivity contribution < 1.29 is 23.1 Å². The van der Waals surface area contributed by atoms with Gasteiger partial charge in [-0.1, -0.05) is 0 Å². The molecule has 1 heterocycles. The van der Waals surface area contributed by atoms with Gasteiger partial charge in [0.25, 0.3) is 0 Å². The fraction of sp³-hybridized carbons (Fsp3) is 0.889. The summed E-state index contributed by atoms with van der Waals surface area (Å²) in [5, 5.41) is 8.58. The lowest BCUT2D eigenvalue weighted by Gasteiger charge is -2.37. The SMILES string of the molecule is COC1CCN(S(=O)(=O)CC(=O)O)C(CN)C1. The van der Waals surface area contributed by atoms with E-state index in [4.69, 9.17) is 15.6 Å². The van der Waals surface area contributed by atoms with Gasteiger partial charge in [-0.2, -0.15) is 4.31 Å². The summed E-state index contributed by atoms with van der Waals surface area (Å²) in [5.74, 6) is -2.24. The Morgan fingerprint density at radius 2 is 2.24 bits per heavy atom. The highest BCUT2D eigenvalue weighted by Crippen LogP contribution is 2.22. The molecule has 2 unspecified atom stereocenters. The minimum Gasteiger partial charge on any atom is -0.480 e. The number of carboxylic acids is 1. The number of methoxy groups -OCH3 is 1. The third-order valence-electron chi connectivity index (χ3n) is 2.88. The molecule has 8 heteroatoms. The molecule has 7 nitrogen and oxygen atoms in total. The minimum atomic E-state index is -3.78. The zero-order chi connectivity index (χ0) is 13.1. The molecular weight excluding hydrogens is 248 g/mol. The fourth-order valence-corrected chi connectivity index (χ4v) is 3.51. The van der Waals surface area contributed by atoms with Gasteiger partial charge in [-0.15, -0.1) is 0 Å². The van der Waals surface area contributed by atoms with E-state index in [0.717, 1.165) is 0 Å². The van der Waals surface area contributed by atoms with Crippen LogP contribution in [0.5, 0.6) is 0 Å². The highest BCUT2D eigenvalue weighted by atomic mass is 32.2. The molecule has 0 bridgehead atoms. The quantitative estimate of drug-likeness (QED) is 0.649. The highest BCUT2D eigenvalue weighted by Gasteiger charge is 2.36. The van der Waals surface area contributed by atoms with Gasteiger partial charge < -0.3 is 15.6 Å². The summed E-state index contributed by atoms with van der Waals surface area (Å²) in [5.41, 5.74) is 5.53. The van der Waals surface area contributed by atoms with Gasteiger partial charge in [-0.3, -0.25) is 4.79 Å². The molecule has 0 aromatic carbocycles. The smallest absolute Gasteiger partial charge is 0.320 e. The van der Waals surface area contributed by atoms with Crippen LogP contribution in [0, 0.1) is 0 Å². The maximum Gasteiger partial charge on any atom is 0.320 e. The molecule has 0 aromatic heterocycles. The molecule has 3 N–H and O–H groups in total. The largest absolute Gasteiger partial charge is 0.480 e. The molecule has 1 aliphatic heterocycles. The van der Waals surface area contributed by atoms with E-state index in [1.54, 1.807) is 7.11 Å². The van der Waals surface area contributed by atoms with Crippen molar-refractivity contribution in [3.63, 3.8) is 0 Å². The number of hydrogen-bond acceptors (Lipinski definition) is 5. The average Bonchev–Trinajstić information content (AvgIpc) is 2.26. The Morgan fingerprint density at radius 1 is 1.59 bits per heavy atom. The van der Waals surface area contributed by atoms with Crippen molar-refractivity contribution in [3.05, 3.63) is 0 Å². The van der Waals surface area contributed by atoms with Crippen molar-refractivity contribution in [1.82, 2.24) is 4.31 Å². The summed E-state index contributed by atoms with van der Waals surface area (Å²) in [6.45, 7) is 0.425. The first-order valence-corrected chi connectivity index (χ1v) is 6.95. The molecule has 1 aliphatic rings. The summed E-state index contributed by atoms with van der Waals surface area (Å²) in [6.07, 6.45) is 1.05. The van der Waals surface area contributed by atoms with Crippen LogP contribution in [0.15, 0.2) is 0 Å². The van der Waals surface area contributed by atoms with Gasteiger partial charge in [-0.25, -0.2) is 8.42 Å². The average molecular weight is 266 g/mol. The fourth-order valence-electron chi connectivity index (χ4n) is 2.03. The second kappa shape index (κ2) is 5.76. The maximum absolute atomic E-state index is 11.8. The van der Waals surface area contributed by atoms with Crippen molar-refractivity contribution in [2.24, 2.45) is 5.73 Å². The highest BCUT2D eigenvalue weighted by molar-refractivity contribution is 7.89. The van der Waals surface area contributed by atoms with Crippen LogP contribution in [-0.2, 0) is 19.6 Å². The van der Waals surface area contributed by atoms with Crippen LogP contribution in [0.2, 0.25) is 0 Å². The molecular formula is C9H18N2O5S. The zero-order valence-electron chi connectivity index (χ0n) is 9.70. The van der Waals surface area contributed by atoms with E-state index in [1.165, 1.54) is 4.31 Å². The first-order valence-electron chi connectivity index (χ1n) is 5.35. The number of nitrogens with two attached hydrogens (primary N) is 1. The summed E-state index contributed by atoms with van der Waals surface area (Å²) >= 11 is 0. The van der Waals surface area contributed by atoms with Gasteiger partial charge in [-0.05, 0) is 12.8 Å². The number of ether oxygens (including phenoxy) is 1. The van der Waals surface area contributed by atoms with Crippen LogP contribution in [0.25, 0.3) is 0 Å². The van der Waals surface area contributed by atoms with Gasteiger partial charge in [0, 0.05) is 26.2 Å². The Hall–Kier alpha value is -0.700. The predicted octanol–water partition coefficient (Wildman–Crippen LogP) is -1.16. The van der Waals surface area contributed by atoms with Crippen LogP contribution < -0.4 is 5.73 Å². The molecule has 0 amide bonds. The van der Waals surface area contributed by atoms with Crippen molar-refractivity contribution in [2.75, 3.05) is 26.0 Å². The number of carbonyl (C=O) groups is 1. The van der Waals surface area contributed by atoms with Gasteiger partial charge in [0.2, 0.25) is 10.0 Å². The Balaban J connectivity index is 2.79. The van der Waals surface area contributed by atoms with E-state index in [0.29, 0.717) is 12.8 Å². The Bertz CT molecular complexity index is 370. The molecule has 1 rings (SSSR count). The molecule has 0 spiro atoms. The molecule has 0 aliphatic carbocycles. The summed E-state index contributed by atoms with van der Waals surface area (Å²) < 4.78 is 30.0. The summed E-state index contributed by atoms with van der Waals surface area (Å²) in [7, 11) is -2.21. The molecule has 2 atom stereocenters. The molecule has 1 fully saturated rings. The van der Waals surface area contributed by atoms with Crippen molar-refractivity contribution in [1.29, 1.82) is 0 Å². The van der Waals surface area contributed by atoms with Crippen LogP contribution >= 0.6 is 0 Å². The van der Waals surface area contributed by atoms with E-state index in [1.807, 2.05) is 0 Å². The lowest BCUT2D eigenvalue weighted by molar-refractivity contribution is -0.134. The Labute approximate surface area is 101 Å². The number of rotatable bonds is 5. The number of hydrogen-bond donors (Lipinski definition) is 2. The number of carboxylic acid groups (broad SMARTS) is 1. The van der Waals surface area contributed by atoms with Gasteiger partial charge in [0.15, 0.2) is 5.75 Å². The van der Waals surface area contributed by atoms with E-state index >= 15 is 0 Å². The summed E-state index contributed by atoms with van der Waals surface area (Å²) in [4.78, 5) is 10.5. The maximum atomic E-state index is 11.8. The Kier molecular flexibility index (Phi) is 4.87. The topological polar surface area (TPSA) is 110 Å². The zero-order valence-corrected chi connectivity index (χ0v) is 10.5. The molecule has 1 saturated heterocycles. The van der Waals surface area contributed by atoms with E-state index in [2.05, 4.69) is 0 Å². The van der Waals surface area contributed by atoms with Gasteiger partial charge in [0.1, 0.15) is 0 Å². The summed E-state index contributed by atoms with van der Waals surface area (Å²) in [6, 6.07) is -0.377. The van der Waals surface area contributed by atoms with E-state index in [-0.39, 0.29) is 25.2 Å². The molecule has 17 heavy (non-hydrogen) atoms. The van der Waals surface area contributed by atoms with Crippen molar-refractivity contribution >= 4 is 16.0 Å². The van der Waals surface area contributed by atoms with Crippen molar-refractivity contribution in [3.8, 4) is 0 Å². The van der Waals surface area contributed by atoms with Crippen LogP contribution in [0.1, 0.15) is 12.8 Å². The lowest BCUT2D eigenvalue weighted by Crippen LogP contribution is -2.52. The monoisotopic (exact) mass is 266 g/mol. The van der Waals surface area contributed by atoms with Crippen LogP contribution in [-0.4, -0.2) is 61.9 Å². The Morgan fingerprint density at radius 3 is 2.71 bits per heavy atom. The van der Waals surface area contributed by atoms with Crippen LogP contribution in [0.3, 0.4) is 0 Å². The third kappa shape index (κ3) is 3.63. The van der Waals surface area contributed by atoms with Crippen molar-refractivity contribution in [2.45, 2.75) is 25.0 Å².